The van der Waals surface area contributed by atoms with Gasteiger partial charge in [-0.3, -0.25) is 14.4 Å². The number of hydrogen-bond donors (Lipinski definition) is 0. The highest BCUT2D eigenvalue weighted by Crippen LogP contribution is 2.08. The van der Waals surface area contributed by atoms with Crippen LogP contribution >= 0.6 is 0 Å². The Morgan fingerprint density at radius 3 is 1.78 bits per heavy atom. The number of hydrogen-bond acceptors (Lipinski definition) is 5. The molecule has 0 rings (SSSR count). The third-order valence-electron chi connectivity index (χ3n) is 3.48. The summed E-state index contributed by atoms with van der Waals surface area (Å²) in [4.78, 5) is 34.2. The molecule has 0 aromatic carbocycles. The molecule has 0 bridgehead atoms. The molecule has 5 heteroatoms. The molecule has 0 unspecified atom stereocenters. The molecule has 0 saturated heterocycles. The van der Waals surface area contributed by atoms with Crippen LogP contribution in [0.1, 0.15) is 84.5 Å². The number of esters is 2. The van der Waals surface area contributed by atoms with E-state index in [0.717, 1.165) is 19.3 Å². The molecular weight excluding hydrogens is 296 g/mol. The monoisotopic (exact) mass is 328 g/mol. The number of ether oxygens (including phenoxy) is 2. The van der Waals surface area contributed by atoms with Crippen molar-refractivity contribution >= 4 is 17.7 Å². The van der Waals surface area contributed by atoms with Crippen LogP contribution in [-0.2, 0) is 23.9 Å². The van der Waals surface area contributed by atoms with Crippen LogP contribution in [0.15, 0.2) is 0 Å². The molecule has 0 fully saturated rings. The number of unbranched alkanes of at least 4 members (excludes halogenated alkanes) is 5. The number of carbonyl (C=O) groups excluding carboxylic acids is 3. The van der Waals surface area contributed by atoms with Crippen LogP contribution in [0.2, 0.25) is 0 Å². The molecule has 134 valence electrons. The highest BCUT2D eigenvalue weighted by Gasteiger charge is 2.08. The summed E-state index contributed by atoms with van der Waals surface area (Å²) in [6, 6.07) is 0. The Bertz CT molecular complexity index is 338. The minimum Gasteiger partial charge on any atom is -0.462 e. The van der Waals surface area contributed by atoms with Crippen LogP contribution in [0.5, 0.6) is 0 Å². The van der Waals surface area contributed by atoms with Gasteiger partial charge < -0.3 is 9.47 Å². The third-order valence-corrected chi connectivity index (χ3v) is 3.48. The zero-order chi connectivity index (χ0) is 17.3. The van der Waals surface area contributed by atoms with Crippen molar-refractivity contribution in [1.82, 2.24) is 0 Å². The summed E-state index contributed by atoms with van der Waals surface area (Å²) in [5.41, 5.74) is 0. The first kappa shape index (κ1) is 21.6. The van der Waals surface area contributed by atoms with E-state index < -0.39 is 5.97 Å². The first-order valence-corrected chi connectivity index (χ1v) is 8.93. The fourth-order valence-corrected chi connectivity index (χ4v) is 2.13. The van der Waals surface area contributed by atoms with E-state index in [2.05, 4.69) is 6.92 Å². The molecule has 0 heterocycles. The van der Waals surface area contributed by atoms with Crippen molar-refractivity contribution in [3.63, 3.8) is 0 Å². The lowest BCUT2D eigenvalue weighted by atomic mass is 10.1. The first-order chi connectivity index (χ1) is 11.1. The van der Waals surface area contributed by atoms with Crippen LogP contribution in [0, 0.1) is 0 Å². The molecule has 0 aliphatic rings. The molecule has 0 atom stereocenters. The van der Waals surface area contributed by atoms with Gasteiger partial charge in [0.2, 0.25) is 0 Å². The topological polar surface area (TPSA) is 69.7 Å². The van der Waals surface area contributed by atoms with Gasteiger partial charge in [0.1, 0.15) is 19.0 Å². The van der Waals surface area contributed by atoms with Gasteiger partial charge in [0.05, 0.1) is 6.42 Å². The SMILES string of the molecule is CCCCCCCCC(=O)CCC(=O)OCCOC(=O)CCC. The Morgan fingerprint density at radius 1 is 0.609 bits per heavy atom. The van der Waals surface area contributed by atoms with Crippen LogP contribution < -0.4 is 0 Å². The predicted octanol–water partition coefficient (Wildman–Crippen LogP) is 3.97. The molecule has 0 amide bonds. The van der Waals surface area contributed by atoms with Gasteiger partial charge in [-0.1, -0.05) is 46.0 Å². The molecule has 23 heavy (non-hydrogen) atoms. The van der Waals surface area contributed by atoms with Crippen LogP contribution in [-0.4, -0.2) is 30.9 Å². The van der Waals surface area contributed by atoms with E-state index in [-0.39, 0.29) is 37.8 Å². The maximum Gasteiger partial charge on any atom is 0.306 e. The average Bonchev–Trinajstić information content (AvgIpc) is 2.53. The lowest BCUT2D eigenvalue weighted by Gasteiger charge is -2.06. The van der Waals surface area contributed by atoms with Gasteiger partial charge >= 0.3 is 11.9 Å². The van der Waals surface area contributed by atoms with Gasteiger partial charge in [-0.2, -0.15) is 0 Å². The van der Waals surface area contributed by atoms with Crippen molar-refractivity contribution < 1.29 is 23.9 Å². The van der Waals surface area contributed by atoms with E-state index >= 15 is 0 Å². The standard InChI is InChI=1S/C18H32O5/c1-3-5-6-7-8-9-11-16(19)12-13-18(21)23-15-14-22-17(20)10-4-2/h3-15H2,1-2H3. The Morgan fingerprint density at radius 2 is 1.17 bits per heavy atom. The Hall–Kier alpha value is -1.39. The van der Waals surface area contributed by atoms with Gasteiger partial charge in [0, 0.05) is 19.3 Å². The first-order valence-electron chi connectivity index (χ1n) is 8.93. The maximum atomic E-state index is 11.7. The summed E-state index contributed by atoms with van der Waals surface area (Å²) in [5.74, 6) is -0.572. The molecule has 0 N–H and O–H groups in total. The molecule has 0 aliphatic carbocycles. The normalized spacial score (nSPS) is 10.3. The number of ketones is 1. The van der Waals surface area contributed by atoms with E-state index in [9.17, 15) is 14.4 Å². The minimum atomic E-state index is -0.409. The second-order valence-electron chi connectivity index (χ2n) is 5.75. The molecule has 0 spiro atoms. The molecular formula is C18H32O5. The molecule has 0 aromatic rings. The summed E-state index contributed by atoms with van der Waals surface area (Å²) in [6.07, 6.45) is 8.89. The number of Topliss-reactive ketones (excluding diaryl/α,β-unsaturated/α-hetero) is 1. The smallest absolute Gasteiger partial charge is 0.306 e. The molecule has 0 radical (unpaired) electrons. The van der Waals surface area contributed by atoms with Crippen molar-refractivity contribution in [3.8, 4) is 0 Å². The highest BCUT2D eigenvalue weighted by atomic mass is 16.6. The Labute approximate surface area is 140 Å². The van der Waals surface area contributed by atoms with Gasteiger partial charge in [0.15, 0.2) is 0 Å². The lowest BCUT2D eigenvalue weighted by molar-refractivity contribution is -0.152. The van der Waals surface area contributed by atoms with E-state index in [1.807, 2.05) is 6.92 Å². The van der Waals surface area contributed by atoms with E-state index in [1.165, 1.54) is 25.7 Å². The van der Waals surface area contributed by atoms with Crippen molar-refractivity contribution in [1.29, 1.82) is 0 Å². The summed E-state index contributed by atoms with van der Waals surface area (Å²) in [7, 11) is 0. The minimum absolute atomic E-state index is 0.0555. The van der Waals surface area contributed by atoms with Crippen LogP contribution in [0.4, 0.5) is 0 Å². The zero-order valence-corrected chi connectivity index (χ0v) is 14.7. The highest BCUT2D eigenvalue weighted by molar-refractivity contribution is 5.82. The number of carbonyl (C=O) groups is 3. The predicted molar refractivity (Wildman–Crippen MR) is 89.1 cm³/mol. The fourth-order valence-electron chi connectivity index (χ4n) is 2.13. The van der Waals surface area contributed by atoms with Crippen molar-refractivity contribution in [2.75, 3.05) is 13.2 Å². The second-order valence-corrected chi connectivity index (χ2v) is 5.75. The lowest BCUT2D eigenvalue weighted by Crippen LogP contribution is -2.14. The van der Waals surface area contributed by atoms with Crippen molar-refractivity contribution in [2.24, 2.45) is 0 Å². The van der Waals surface area contributed by atoms with Gasteiger partial charge in [0.25, 0.3) is 0 Å². The van der Waals surface area contributed by atoms with E-state index in [1.54, 1.807) is 0 Å². The van der Waals surface area contributed by atoms with E-state index in [4.69, 9.17) is 9.47 Å². The fraction of sp³-hybridized carbons (Fsp3) is 0.833. The third kappa shape index (κ3) is 15.3. The van der Waals surface area contributed by atoms with Gasteiger partial charge in [-0.25, -0.2) is 0 Å². The Balaban J connectivity index is 3.46. The average molecular weight is 328 g/mol. The van der Waals surface area contributed by atoms with Crippen LogP contribution in [0.25, 0.3) is 0 Å². The van der Waals surface area contributed by atoms with Gasteiger partial charge in [-0.15, -0.1) is 0 Å². The van der Waals surface area contributed by atoms with Crippen LogP contribution in [0.3, 0.4) is 0 Å². The molecule has 0 aliphatic heterocycles. The zero-order valence-electron chi connectivity index (χ0n) is 14.7. The summed E-state index contributed by atoms with van der Waals surface area (Å²) < 4.78 is 9.79. The quantitative estimate of drug-likeness (QED) is 0.336. The summed E-state index contributed by atoms with van der Waals surface area (Å²) in [6.45, 7) is 4.21. The van der Waals surface area contributed by atoms with Crippen molar-refractivity contribution in [3.05, 3.63) is 0 Å². The summed E-state index contributed by atoms with van der Waals surface area (Å²) >= 11 is 0. The van der Waals surface area contributed by atoms with E-state index in [0.29, 0.717) is 12.8 Å². The second kappa shape index (κ2) is 15.5. The largest absolute Gasteiger partial charge is 0.462 e. The maximum absolute atomic E-state index is 11.7. The Kier molecular flexibility index (Phi) is 14.6. The number of rotatable bonds is 15. The molecule has 0 aromatic heterocycles. The summed E-state index contributed by atoms with van der Waals surface area (Å²) in [5, 5.41) is 0. The van der Waals surface area contributed by atoms with Crippen molar-refractivity contribution in [2.45, 2.75) is 84.5 Å². The van der Waals surface area contributed by atoms with Gasteiger partial charge in [-0.05, 0) is 12.8 Å². The molecule has 0 saturated carbocycles. The molecule has 5 nitrogen and oxygen atoms in total.